The third kappa shape index (κ3) is 5.54. The maximum Gasteiger partial charge on any atom is 0.433 e. The van der Waals surface area contributed by atoms with Crippen LogP contribution in [-0.2, 0) is 36.6 Å². The van der Waals surface area contributed by atoms with Gasteiger partial charge in [-0.15, -0.1) is 10.3 Å². The van der Waals surface area contributed by atoms with E-state index < -0.39 is 33.9 Å². The first-order valence-electron chi connectivity index (χ1n) is 16.6. The average molecular weight is 649 g/mol. The molecule has 0 N–H and O–H groups in total. The van der Waals surface area contributed by atoms with Gasteiger partial charge in [-0.2, -0.15) is 13.2 Å². The van der Waals surface area contributed by atoms with Crippen LogP contribution >= 0.6 is 10.3 Å². The number of fused-ring (bicyclic) bond motifs is 4. The SMILES string of the molecule is CC(C)(C)S(C)(C)OC1CC2(CCC2)Cc2nc(C3CCOCC3)c3c(c21)C1(CCOCC1)OC3c1ccc(C(F)(F)F)nc1. The van der Waals surface area contributed by atoms with Gasteiger partial charge in [-0.05, 0) is 68.1 Å². The zero-order chi connectivity index (χ0) is 31.8. The Balaban J connectivity index is 1.46. The number of ether oxygens (including phenoxy) is 3. The third-order valence-electron chi connectivity index (χ3n) is 11.5. The lowest BCUT2D eigenvalue weighted by atomic mass is 9.58. The molecule has 45 heavy (non-hydrogen) atoms. The molecule has 7 rings (SSSR count). The fourth-order valence-electron chi connectivity index (χ4n) is 8.08. The maximum atomic E-state index is 13.5. The Kier molecular flexibility index (Phi) is 7.91. The lowest BCUT2D eigenvalue weighted by Gasteiger charge is -2.53. The van der Waals surface area contributed by atoms with Gasteiger partial charge in [0.15, 0.2) is 0 Å². The van der Waals surface area contributed by atoms with Crippen molar-refractivity contribution in [2.24, 2.45) is 5.41 Å². The van der Waals surface area contributed by atoms with Gasteiger partial charge < -0.3 is 18.4 Å². The highest BCUT2D eigenvalue weighted by molar-refractivity contribution is 8.29. The molecule has 0 amide bonds. The summed E-state index contributed by atoms with van der Waals surface area (Å²) in [6, 6.07) is 2.62. The monoisotopic (exact) mass is 648 g/mol. The molecule has 0 bridgehead atoms. The lowest BCUT2D eigenvalue weighted by molar-refractivity contribution is -0.141. The van der Waals surface area contributed by atoms with E-state index in [0.29, 0.717) is 44.8 Å². The number of hydrogen-bond acceptors (Lipinski definition) is 6. The molecule has 1 saturated carbocycles. The summed E-state index contributed by atoms with van der Waals surface area (Å²) in [5.74, 6) is 0.191. The van der Waals surface area contributed by atoms with E-state index >= 15 is 0 Å². The van der Waals surface area contributed by atoms with Crippen LogP contribution in [0, 0.1) is 5.41 Å². The molecule has 2 aromatic heterocycles. The molecule has 2 spiro atoms. The van der Waals surface area contributed by atoms with Crippen molar-refractivity contribution in [3.8, 4) is 0 Å². The summed E-state index contributed by atoms with van der Waals surface area (Å²) in [7, 11) is -1.48. The number of pyridine rings is 2. The molecule has 3 fully saturated rings. The zero-order valence-electron chi connectivity index (χ0n) is 27.2. The lowest BCUT2D eigenvalue weighted by Crippen LogP contribution is -2.42. The summed E-state index contributed by atoms with van der Waals surface area (Å²) in [4.78, 5) is 9.47. The molecule has 2 saturated heterocycles. The van der Waals surface area contributed by atoms with Gasteiger partial charge in [-0.1, -0.05) is 33.3 Å². The van der Waals surface area contributed by atoms with Crippen LogP contribution in [0.3, 0.4) is 0 Å². The first-order chi connectivity index (χ1) is 21.2. The molecule has 5 aliphatic rings. The predicted octanol–water partition coefficient (Wildman–Crippen LogP) is 8.47. The quantitative estimate of drug-likeness (QED) is 0.332. The molecule has 6 nitrogen and oxygen atoms in total. The van der Waals surface area contributed by atoms with Crippen LogP contribution in [0.1, 0.15) is 130 Å². The summed E-state index contributed by atoms with van der Waals surface area (Å²) in [5, 5.41) is 0. The first kappa shape index (κ1) is 31.9. The van der Waals surface area contributed by atoms with Gasteiger partial charge in [0, 0.05) is 78.5 Å². The summed E-state index contributed by atoms with van der Waals surface area (Å²) >= 11 is 0. The maximum absolute atomic E-state index is 13.5. The predicted molar refractivity (Wildman–Crippen MR) is 169 cm³/mol. The summed E-state index contributed by atoms with van der Waals surface area (Å²) in [6.07, 6.45) is 9.33. The largest absolute Gasteiger partial charge is 0.433 e. The van der Waals surface area contributed by atoms with Crippen molar-refractivity contribution < 1.29 is 31.6 Å². The van der Waals surface area contributed by atoms with E-state index in [4.69, 9.17) is 23.4 Å². The van der Waals surface area contributed by atoms with Crippen molar-refractivity contribution in [2.75, 3.05) is 38.9 Å². The minimum absolute atomic E-state index is 0.0165. The Morgan fingerprint density at radius 1 is 0.933 bits per heavy atom. The molecule has 248 valence electrons. The Morgan fingerprint density at radius 2 is 1.62 bits per heavy atom. The molecule has 5 heterocycles. The van der Waals surface area contributed by atoms with Crippen molar-refractivity contribution >= 4 is 10.3 Å². The second-order valence-corrected chi connectivity index (χ2v) is 19.2. The normalized spacial score (nSPS) is 26.8. The second kappa shape index (κ2) is 11.2. The van der Waals surface area contributed by atoms with E-state index in [9.17, 15) is 13.2 Å². The van der Waals surface area contributed by atoms with Gasteiger partial charge in [0.1, 0.15) is 11.8 Å². The van der Waals surface area contributed by atoms with Crippen LogP contribution in [0.4, 0.5) is 13.2 Å². The van der Waals surface area contributed by atoms with Crippen LogP contribution in [0.15, 0.2) is 18.3 Å². The van der Waals surface area contributed by atoms with Crippen LogP contribution < -0.4 is 0 Å². The number of alkyl halides is 3. The fraction of sp³-hybridized carbons (Fsp3) is 0.714. The van der Waals surface area contributed by atoms with E-state index in [2.05, 4.69) is 38.3 Å². The van der Waals surface area contributed by atoms with Gasteiger partial charge in [0.2, 0.25) is 0 Å². The number of hydrogen-bond donors (Lipinski definition) is 0. The molecule has 0 aromatic carbocycles. The van der Waals surface area contributed by atoms with E-state index in [1.807, 2.05) is 0 Å². The van der Waals surface area contributed by atoms with E-state index in [-0.39, 0.29) is 22.2 Å². The second-order valence-electron chi connectivity index (χ2n) is 15.3. The third-order valence-corrected chi connectivity index (χ3v) is 15.1. The van der Waals surface area contributed by atoms with E-state index in [1.54, 1.807) is 6.07 Å². The van der Waals surface area contributed by atoms with E-state index in [1.165, 1.54) is 36.6 Å². The van der Waals surface area contributed by atoms with Crippen molar-refractivity contribution in [1.82, 2.24) is 9.97 Å². The van der Waals surface area contributed by atoms with Gasteiger partial charge in [-0.25, -0.2) is 0 Å². The standard InChI is InChI=1S/C35H47F3N2O4S/c1-32(2,3)45(4,5)44-25-20-33(11-6-12-33)19-24-27(25)29-28(30(40-24)22-9-15-41-16-10-22)31(43-34(29)13-17-42-18-14-34)23-7-8-26(39-21-23)35(36,37)38/h7-8,21-22,25,31H,6,9-20H2,1-5H3. The highest BCUT2D eigenvalue weighted by Crippen LogP contribution is 2.65. The summed E-state index contributed by atoms with van der Waals surface area (Å²) in [5.41, 5.74) is 4.91. The highest BCUT2D eigenvalue weighted by Gasteiger charge is 2.55. The zero-order valence-corrected chi connectivity index (χ0v) is 28.0. The minimum Gasteiger partial charge on any atom is -0.381 e. The van der Waals surface area contributed by atoms with Crippen molar-refractivity contribution in [3.63, 3.8) is 0 Å². The molecular weight excluding hydrogens is 601 g/mol. The Morgan fingerprint density at radius 3 is 2.20 bits per heavy atom. The smallest absolute Gasteiger partial charge is 0.381 e. The Labute approximate surface area is 266 Å². The van der Waals surface area contributed by atoms with Crippen molar-refractivity contribution in [2.45, 2.75) is 113 Å². The Hall–Kier alpha value is -1.72. The number of halogens is 3. The molecule has 3 aliphatic heterocycles. The molecule has 2 aliphatic carbocycles. The van der Waals surface area contributed by atoms with Gasteiger partial charge in [-0.3, -0.25) is 9.97 Å². The minimum atomic E-state index is -4.51. The first-order valence-corrected chi connectivity index (χ1v) is 18.9. The molecule has 0 radical (unpaired) electrons. The molecule has 2 aromatic rings. The summed E-state index contributed by atoms with van der Waals surface area (Å²) in [6.45, 7) is 9.26. The summed E-state index contributed by atoms with van der Waals surface area (Å²) < 4.78 is 66.8. The average Bonchev–Trinajstić information content (AvgIpc) is 3.29. The highest BCUT2D eigenvalue weighted by atomic mass is 32.3. The molecule has 10 heteroatoms. The van der Waals surface area contributed by atoms with E-state index in [0.717, 1.165) is 48.7 Å². The topological polar surface area (TPSA) is 62.7 Å². The number of rotatable bonds is 4. The molecule has 2 atom stereocenters. The van der Waals surface area contributed by atoms with Crippen LogP contribution in [0.5, 0.6) is 0 Å². The van der Waals surface area contributed by atoms with Gasteiger partial charge in [0.05, 0.1) is 17.4 Å². The van der Waals surface area contributed by atoms with Crippen LogP contribution in [-0.4, -0.2) is 53.7 Å². The van der Waals surface area contributed by atoms with Crippen molar-refractivity contribution in [1.29, 1.82) is 0 Å². The van der Waals surface area contributed by atoms with Crippen LogP contribution in [0.2, 0.25) is 0 Å². The number of aromatic nitrogens is 2. The number of nitrogens with zero attached hydrogens (tertiary/aromatic N) is 2. The van der Waals surface area contributed by atoms with Crippen molar-refractivity contribution in [3.05, 3.63) is 57.7 Å². The van der Waals surface area contributed by atoms with Gasteiger partial charge in [0.25, 0.3) is 0 Å². The Bertz CT molecular complexity index is 1420. The molecular formula is C35H47F3N2O4S. The fourth-order valence-corrected chi connectivity index (χ4v) is 9.11. The molecule has 2 unspecified atom stereocenters. The van der Waals surface area contributed by atoms with Gasteiger partial charge >= 0.3 is 6.18 Å². The van der Waals surface area contributed by atoms with Crippen LogP contribution in [0.25, 0.3) is 0 Å².